The summed E-state index contributed by atoms with van der Waals surface area (Å²) in [4.78, 5) is 2.44. The Morgan fingerprint density at radius 1 is 1.14 bits per heavy atom. The van der Waals surface area contributed by atoms with Gasteiger partial charge in [0.05, 0.1) is 0 Å². The van der Waals surface area contributed by atoms with Gasteiger partial charge in [0.15, 0.2) is 11.5 Å². The lowest BCUT2D eigenvalue weighted by molar-refractivity contribution is 0.170. The second kappa shape index (κ2) is 7.66. The van der Waals surface area contributed by atoms with Crippen LogP contribution in [0.15, 0.2) is 18.2 Å². The highest BCUT2D eigenvalue weighted by molar-refractivity contribution is 5.44. The molecule has 0 saturated carbocycles. The molecule has 0 radical (unpaired) electrons. The minimum absolute atomic E-state index is 0.298. The van der Waals surface area contributed by atoms with E-state index in [4.69, 9.17) is 9.47 Å². The van der Waals surface area contributed by atoms with Crippen molar-refractivity contribution in [3.63, 3.8) is 0 Å². The summed E-state index contributed by atoms with van der Waals surface area (Å²) in [7, 11) is 4.22. The molecule has 0 aromatic heterocycles. The highest BCUT2D eigenvalue weighted by Crippen LogP contribution is 2.32. The third-order valence-electron chi connectivity index (χ3n) is 4.35. The number of hydrogen-bond donors (Lipinski definition) is 1. The third kappa shape index (κ3) is 3.89. The topological polar surface area (TPSA) is 33.7 Å². The summed E-state index contributed by atoms with van der Waals surface area (Å²) < 4.78 is 11.3. The zero-order chi connectivity index (χ0) is 15.2. The normalized spacial score (nSPS) is 15.5. The van der Waals surface area contributed by atoms with Crippen molar-refractivity contribution in [1.29, 1.82) is 0 Å². The number of rotatable bonds is 7. The third-order valence-corrected chi connectivity index (χ3v) is 4.35. The van der Waals surface area contributed by atoms with Crippen LogP contribution in [0.3, 0.4) is 0 Å². The maximum Gasteiger partial charge on any atom is 0.161 e. The average molecular weight is 292 g/mol. The Hall–Kier alpha value is -1.26. The smallest absolute Gasteiger partial charge is 0.161 e. The summed E-state index contributed by atoms with van der Waals surface area (Å²) in [6.07, 6.45) is 2.37. The molecule has 1 aromatic rings. The molecule has 0 amide bonds. The van der Waals surface area contributed by atoms with Gasteiger partial charge in [-0.2, -0.15) is 0 Å². The lowest BCUT2D eigenvalue weighted by atomic mass is 10.0. The fourth-order valence-corrected chi connectivity index (χ4v) is 2.99. The predicted molar refractivity (Wildman–Crippen MR) is 86.2 cm³/mol. The first-order valence-electron chi connectivity index (χ1n) is 7.96. The van der Waals surface area contributed by atoms with E-state index in [9.17, 15) is 0 Å². The number of hydrogen-bond acceptors (Lipinski definition) is 4. The van der Waals surface area contributed by atoms with Crippen molar-refractivity contribution in [2.45, 2.75) is 38.8 Å². The standard InChI is InChI=1S/C17H28N2O2/c1-5-14(6-2)19(4)12-15(18-3)13-7-8-16-17(11-13)21-10-9-20-16/h7-8,11,14-15,18H,5-6,9-10,12H2,1-4H3. The predicted octanol–water partition coefficient (Wildman–Crippen LogP) is 2.84. The number of benzene rings is 1. The summed E-state index contributed by atoms with van der Waals surface area (Å²) in [5, 5.41) is 3.42. The highest BCUT2D eigenvalue weighted by atomic mass is 16.6. The van der Waals surface area contributed by atoms with Gasteiger partial charge in [-0.25, -0.2) is 0 Å². The Kier molecular flexibility index (Phi) is 5.88. The number of ether oxygens (including phenoxy) is 2. The van der Waals surface area contributed by atoms with E-state index in [-0.39, 0.29) is 0 Å². The first kappa shape index (κ1) is 16.1. The number of likely N-dealkylation sites (N-methyl/N-ethyl adjacent to an activating group) is 2. The van der Waals surface area contributed by atoms with Crippen LogP contribution in [-0.2, 0) is 0 Å². The van der Waals surface area contributed by atoms with Crippen LogP contribution in [0.5, 0.6) is 11.5 Å². The molecule has 1 heterocycles. The Morgan fingerprint density at radius 3 is 2.43 bits per heavy atom. The molecule has 1 N–H and O–H groups in total. The van der Waals surface area contributed by atoms with Gasteiger partial charge in [0.2, 0.25) is 0 Å². The van der Waals surface area contributed by atoms with Gasteiger partial charge in [-0.05, 0) is 44.6 Å². The average Bonchev–Trinajstić information content (AvgIpc) is 2.53. The molecule has 118 valence electrons. The Bertz CT molecular complexity index is 446. The minimum Gasteiger partial charge on any atom is -0.486 e. The molecule has 1 atom stereocenters. The summed E-state index contributed by atoms with van der Waals surface area (Å²) in [5.74, 6) is 1.72. The quantitative estimate of drug-likeness (QED) is 0.838. The molecular weight excluding hydrogens is 264 g/mol. The molecule has 0 spiro atoms. The Balaban J connectivity index is 2.10. The largest absolute Gasteiger partial charge is 0.486 e. The summed E-state index contributed by atoms with van der Waals surface area (Å²) in [6, 6.07) is 7.20. The van der Waals surface area contributed by atoms with E-state index in [0.717, 1.165) is 18.0 Å². The van der Waals surface area contributed by atoms with Gasteiger partial charge >= 0.3 is 0 Å². The van der Waals surface area contributed by atoms with Crippen LogP contribution < -0.4 is 14.8 Å². The first-order valence-corrected chi connectivity index (χ1v) is 7.96. The SMILES string of the molecule is CCC(CC)N(C)CC(NC)c1ccc2c(c1)OCCO2. The number of nitrogens with zero attached hydrogens (tertiary/aromatic N) is 1. The molecule has 0 aliphatic carbocycles. The number of nitrogens with one attached hydrogen (secondary N) is 1. The molecule has 0 fully saturated rings. The van der Waals surface area contributed by atoms with E-state index in [2.05, 4.69) is 43.2 Å². The fraction of sp³-hybridized carbons (Fsp3) is 0.647. The molecule has 0 saturated heterocycles. The van der Waals surface area contributed by atoms with Crippen molar-refractivity contribution in [3.05, 3.63) is 23.8 Å². The van der Waals surface area contributed by atoms with Crippen LogP contribution in [0.1, 0.15) is 38.3 Å². The zero-order valence-corrected chi connectivity index (χ0v) is 13.7. The van der Waals surface area contributed by atoms with Gasteiger partial charge in [-0.15, -0.1) is 0 Å². The maximum atomic E-state index is 5.69. The maximum absolute atomic E-state index is 5.69. The van der Waals surface area contributed by atoms with Gasteiger partial charge < -0.3 is 19.7 Å². The Labute approximate surface area is 128 Å². The van der Waals surface area contributed by atoms with E-state index in [1.54, 1.807) is 0 Å². The van der Waals surface area contributed by atoms with Crippen LogP contribution in [0.4, 0.5) is 0 Å². The second-order valence-electron chi connectivity index (χ2n) is 5.65. The molecule has 0 bridgehead atoms. The lowest BCUT2D eigenvalue weighted by Crippen LogP contribution is -2.37. The van der Waals surface area contributed by atoms with Crippen LogP contribution >= 0.6 is 0 Å². The van der Waals surface area contributed by atoms with Crippen molar-refractivity contribution < 1.29 is 9.47 Å². The van der Waals surface area contributed by atoms with E-state index in [0.29, 0.717) is 25.3 Å². The van der Waals surface area contributed by atoms with Crippen LogP contribution in [-0.4, -0.2) is 44.8 Å². The summed E-state index contributed by atoms with van der Waals surface area (Å²) in [6.45, 7) is 6.77. The highest BCUT2D eigenvalue weighted by Gasteiger charge is 2.19. The van der Waals surface area contributed by atoms with Crippen LogP contribution in [0, 0.1) is 0 Å². The van der Waals surface area contributed by atoms with Gasteiger partial charge in [-0.3, -0.25) is 0 Å². The Morgan fingerprint density at radius 2 is 1.81 bits per heavy atom. The van der Waals surface area contributed by atoms with Crippen molar-refractivity contribution in [2.75, 3.05) is 33.9 Å². The van der Waals surface area contributed by atoms with Crippen LogP contribution in [0.25, 0.3) is 0 Å². The molecule has 1 aliphatic heterocycles. The number of fused-ring (bicyclic) bond motifs is 1. The molecule has 2 rings (SSSR count). The van der Waals surface area contributed by atoms with Crippen molar-refractivity contribution in [2.24, 2.45) is 0 Å². The molecule has 1 aromatic carbocycles. The van der Waals surface area contributed by atoms with Gasteiger partial charge in [0.25, 0.3) is 0 Å². The summed E-state index contributed by atoms with van der Waals surface area (Å²) >= 11 is 0. The molecule has 4 nitrogen and oxygen atoms in total. The van der Waals surface area contributed by atoms with Crippen molar-refractivity contribution in [3.8, 4) is 11.5 Å². The van der Waals surface area contributed by atoms with E-state index in [1.165, 1.54) is 18.4 Å². The van der Waals surface area contributed by atoms with Crippen molar-refractivity contribution >= 4 is 0 Å². The van der Waals surface area contributed by atoms with Gasteiger partial charge in [0.1, 0.15) is 13.2 Å². The first-order chi connectivity index (χ1) is 10.2. The summed E-state index contributed by atoms with van der Waals surface area (Å²) in [5.41, 5.74) is 1.25. The van der Waals surface area contributed by atoms with E-state index < -0.39 is 0 Å². The minimum atomic E-state index is 0.298. The van der Waals surface area contributed by atoms with Crippen LogP contribution in [0.2, 0.25) is 0 Å². The van der Waals surface area contributed by atoms with Crippen molar-refractivity contribution in [1.82, 2.24) is 10.2 Å². The van der Waals surface area contributed by atoms with Gasteiger partial charge in [0, 0.05) is 18.6 Å². The second-order valence-corrected chi connectivity index (χ2v) is 5.65. The van der Waals surface area contributed by atoms with Gasteiger partial charge in [-0.1, -0.05) is 19.9 Å². The zero-order valence-electron chi connectivity index (χ0n) is 13.7. The lowest BCUT2D eigenvalue weighted by Gasteiger charge is -2.30. The molecule has 4 heteroatoms. The molecular formula is C17H28N2O2. The fourth-order valence-electron chi connectivity index (χ4n) is 2.99. The molecule has 21 heavy (non-hydrogen) atoms. The van der Waals surface area contributed by atoms with E-state index >= 15 is 0 Å². The molecule has 1 unspecified atom stereocenters. The molecule has 1 aliphatic rings. The monoisotopic (exact) mass is 292 g/mol. The van der Waals surface area contributed by atoms with E-state index in [1.807, 2.05) is 13.1 Å².